The molecular formula is C17H21N3O6S. The number of hydrogen-bond donors (Lipinski definition) is 2. The zero-order valence-corrected chi connectivity index (χ0v) is 15.6. The highest BCUT2D eigenvalue weighted by atomic mass is 32.2. The van der Waals surface area contributed by atoms with Gasteiger partial charge in [0.25, 0.3) is 5.91 Å². The van der Waals surface area contributed by atoms with Crippen LogP contribution < -0.4 is 15.4 Å². The Kier molecular flexibility index (Phi) is 5.36. The van der Waals surface area contributed by atoms with Gasteiger partial charge < -0.3 is 15.4 Å². The number of methoxy groups -OCH3 is 1. The van der Waals surface area contributed by atoms with E-state index in [-0.39, 0.29) is 24.5 Å². The molecule has 0 aliphatic carbocycles. The molecule has 2 N–H and O–H groups in total. The van der Waals surface area contributed by atoms with Crippen LogP contribution in [0.3, 0.4) is 0 Å². The average Bonchev–Trinajstić information content (AvgIpc) is 3.08. The zero-order valence-electron chi connectivity index (χ0n) is 14.8. The lowest BCUT2D eigenvalue weighted by atomic mass is 10.1. The molecule has 1 aromatic rings. The van der Waals surface area contributed by atoms with Gasteiger partial charge in [0.2, 0.25) is 5.91 Å². The van der Waals surface area contributed by atoms with Gasteiger partial charge in [-0.15, -0.1) is 0 Å². The minimum absolute atomic E-state index is 0.0483. The van der Waals surface area contributed by atoms with Gasteiger partial charge in [-0.25, -0.2) is 13.2 Å². The summed E-state index contributed by atoms with van der Waals surface area (Å²) >= 11 is 0. The topological polar surface area (TPSA) is 122 Å². The van der Waals surface area contributed by atoms with Crippen molar-refractivity contribution in [2.75, 3.05) is 18.6 Å². The predicted octanol–water partition coefficient (Wildman–Crippen LogP) is -0.191. The maximum Gasteiger partial charge on any atom is 0.325 e. The van der Waals surface area contributed by atoms with Crippen molar-refractivity contribution in [1.82, 2.24) is 15.5 Å². The van der Waals surface area contributed by atoms with Gasteiger partial charge in [0.1, 0.15) is 11.8 Å². The Labute approximate surface area is 157 Å². The Hall–Kier alpha value is -2.62. The molecule has 146 valence electrons. The molecular weight excluding hydrogens is 374 g/mol. The molecule has 1 aromatic carbocycles. The summed E-state index contributed by atoms with van der Waals surface area (Å²) < 4.78 is 28.0. The predicted molar refractivity (Wildman–Crippen MR) is 95.7 cm³/mol. The number of nitrogens with one attached hydrogen (secondary N) is 2. The summed E-state index contributed by atoms with van der Waals surface area (Å²) in [7, 11) is -1.56. The summed E-state index contributed by atoms with van der Waals surface area (Å²) in [4.78, 5) is 37.7. The molecule has 0 radical (unpaired) electrons. The van der Waals surface area contributed by atoms with Crippen LogP contribution >= 0.6 is 0 Å². The third-order valence-corrected chi connectivity index (χ3v) is 6.36. The summed E-state index contributed by atoms with van der Waals surface area (Å²) in [6.07, 6.45) is 0.142. The van der Waals surface area contributed by atoms with Gasteiger partial charge in [-0.05, 0) is 24.1 Å². The van der Waals surface area contributed by atoms with E-state index >= 15 is 0 Å². The molecule has 9 nitrogen and oxygen atoms in total. The van der Waals surface area contributed by atoms with E-state index in [0.717, 1.165) is 10.5 Å². The second-order valence-electron chi connectivity index (χ2n) is 6.65. The van der Waals surface area contributed by atoms with Crippen LogP contribution in [0.25, 0.3) is 0 Å². The molecule has 0 spiro atoms. The fourth-order valence-electron chi connectivity index (χ4n) is 3.16. The summed E-state index contributed by atoms with van der Waals surface area (Å²) in [5.41, 5.74) is 0.751. The van der Waals surface area contributed by atoms with Crippen LogP contribution in [-0.4, -0.2) is 61.9 Å². The lowest BCUT2D eigenvalue weighted by Gasteiger charge is -2.14. The number of sulfone groups is 1. The van der Waals surface area contributed by atoms with Crippen LogP contribution in [0, 0.1) is 0 Å². The third-order valence-electron chi connectivity index (χ3n) is 4.59. The smallest absolute Gasteiger partial charge is 0.325 e. The first-order valence-corrected chi connectivity index (χ1v) is 10.3. The minimum atomic E-state index is -3.10. The molecule has 2 saturated heterocycles. The quantitative estimate of drug-likeness (QED) is 0.644. The Morgan fingerprint density at radius 1 is 1.30 bits per heavy atom. The molecule has 0 unspecified atom stereocenters. The van der Waals surface area contributed by atoms with Gasteiger partial charge in [0, 0.05) is 6.04 Å². The van der Waals surface area contributed by atoms with E-state index in [4.69, 9.17) is 4.74 Å². The number of ether oxygens (including phenoxy) is 1. The molecule has 0 bridgehead atoms. The lowest BCUT2D eigenvalue weighted by molar-refractivity contribution is -0.131. The van der Waals surface area contributed by atoms with Gasteiger partial charge in [-0.2, -0.15) is 0 Å². The van der Waals surface area contributed by atoms with E-state index in [9.17, 15) is 22.8 Å². The maximum absolute atomic E-state index is 12.5. The van der Waals surface area contributed by atoms with Gasteiger partial charge in [-0.1, -0.05) is 12.1 Å². The van der Waals surface area contributed by atoms with Crippen molar-refractivity contribution in [3.8, 4) is 5.75 Å². The van der Waals surface area contributed by atoms with Crippen molar-refractivity contribution < 1.29 is 27.5 Å². The Balaban J connectivity index is 1.56. The van der Waals surface area contributed by atoms with Crippen LogP contribution in [0.1, 0.15) is 18.4 Å². The number of amides is 4. The Bertz CT molecular complexity index is 852. The van der Waals surface area contributed by atoms with E-state index in [2.05, 4.69) is 10.6 Å². The van der Waals surface area contributed by atoms with Crippen molar-refractivity contribution in [2.24, 2.45) is 0 Å². The standard InChI is InChI=1S/C17H21N3O6S/c1-26-13-4-2-11(3-5-13)9-20-16(22)14(19-17(20)23)8-15(21)18-12-6-7-27(24,25)10-12/h2-5,12,14H,6-10H2,1H3,(H,18,21)(H,19,23)/t12-,14-/m1/s1. The highest BCUT2D eigenvalue weighted by molar-refractivity contribution is 7.91. The van der Waals surface area contributed by atoms with Crippen molar-refractivity contribution in [1.29, 1.82) is 0 Å². The molecule has 0 aromatic heterocycles. The number of urea groups is 1. The molecule has 4 amide bonds. The number of hydrogen-bond acceptors (Lipinski definition) is 6. The number of carbonyl (C=O) groups is 3. The second-order valence-corrected chi connectivity index (χ2v) is 8.87. The monoisotopic (exact) mass is 395 g/mol. The summed E-state index contributed by atoms with van der Waals surface area (Å²) in [5, 5.41) is 5.12. The molecule has 2 heterocycles. The first-order valence-electron chi connectivity index (χ1n) is 8.52. The maximum atomic E-state index is 12.5. The van der Waals surface area contributed by atoms with E-state index < -0.39 is 39.8 Å². The molecule has 2 fully saturated rings. The SMILES string of the molecule is COc1ccc(CN2C(=O)N[C@H](CC(=O)N[C@@H]3CCS(=O)(=O)C3)C2=O)cc1. The van der Waals surface area contributed by atoms with Gasteiger partial charge in [0.15, 0.2) is 9.84 Å². The largest absolute Gasteiger partial charge is 0.497 e. The molecule has 2 aliphatic rings. The van der Waals surface area contributed by atoms with Crippen molar-refractivity contribution in [3.05, 3.63) is 29.8 Å². The van der Waals surface area contributed by atoms with E-state index in [1.807, 2.05) is 0 Å². The molecule has 27 heavy (non-hydrogen) atoms. The average molecular weight is 395 g/mol. The van der Waals surface area contributed by atoms with Crippen LogP contribution in [0.2, 0.25) is 0 Å². The summed E-state index contributed by atoms with van der Waals surface area (Å²) in [6, 6.07) is 5.01. The fraction of sp³-hybridized carbons (Fsp3) is 0.471. The Morgan fingerprint density at radius 2 is 2.00 bits per heavy atom. The third kappa shape index (κ3) is 4.57. The van der Waals surface area contributed by atoms with Gasteiger partial charge in [0.05, 0.1) is 31.6 Å². The Morgan fingerprint density at radius 3 is 2.59 bits per heavy atom. The van der Waals surface area contributed by atoms with Gasteiger partial charge >= 0.3 is 6.03 Å². The molecule has 10 heteroatoms. The normalized spacial score (nSPS) is 24.0. The van der Waals surface area contributed by atoms with Crippen molar-refractivity contribution in [3.63, 3.8) is 0 Å². The van der Waals surface area contributed by atoms with Gasteiger partial charge in [-0.3, -0.25) is 14.5 Å². The van der Waals surface area contributed by atoms with Crippen LogP contribution in [0.15, 0.2) is 24.3 Å². The number of carbonyl (C=O) groups excluding carboxylic acids is 3. The van der Waals surface area contributed by atoms with E-state index in [0.29, 0.717) is 12.2 Å². The van der Waals surface area contributed by atoms with Crippen molar-refractivity contribution >= 4 is 27.7 Å². The number of benzene rings is 1. The molecule has 3 rings (SSSR count). The van der Waals surface area contributed by atoms with E-state index in [1.165, 1.54) is 0 Å². The second kappa shape index (κ2) is 7.55. The molecule has 0 saturated carbocycles. The summed E-state index contributed by atoms with van der Waals surface area (Å²) in [6.45, 7) is 0.0909. The first kappa shape index (κ1) is 19.2. The van der Waals surface area contributed by atoms with E-state index in [1.54, 1.807) is 31.4 Å². The highest BCUT2D eigenvalue weighted by Crippen LogP contribution is 2.17. The number of rotatable bonds is 6. The van der Waals surface area contributed by atoms with Crippen LogP contribution in [-0.2, 0) is 26.0 Å². The highest BCUT2D eigenvalue weighted by Gasteiger charge is 2.39. The zero-order chi connectivity index (χ0) is 19.6. The van der Waals surface area contributed by atoms with Crippen LogP contribution in [0.4, 0.5) is 4.79 Å². The lowest BCUT2D eigenvalue weighted by Crippen LogP contribution is -2.41. The minimum Gasteiger partial charge on any atom is -0.497 e. The number of nitrogens with zero attached hydrogens (tertiary/aromatic N) is 1. The molecule has 2 atom stereocenters. The first-order chi connectivity index (χ1) is 12.8. The molecule has 2 aliphatic heterocycles. The summed E-state index contributed by atoms with van der Waals surface area (Å²) in [5.74, 6) is -0.313. The van der Waals surface area contributed by atoms with Crippen molar-refractivity contribution in [2.45, 2.75) is 31.5 Å². The fourth-order valence-corrected chi connectivity index (χ4v) is 4.83. The number of imide groups is 1. The van der Waals surface area contributed by atoms with Crippen LogP contribution in [0.5, 0.6) is 5.75 Å².